The average Bonchev–Trinajstić information content (AvgIpc) is 2.45. The van der Waals surface area contributed by atoms with Crippen LogP contribution in [0, 0.1) is 26.2 Å². The lowest BCUT2D eigenvalue weighted by molar-refractivity contribution is -0.138. The smallest absolute Gasteiger partial charge is 0.384 e. The molecule has 1 aromatic heterocycles. The first-order chi connectivity index (χ1) is 10.7. The molecule has 1 aromatic carbocycles. The van der Waals surface area contributed by atoms with E-state index in [1.54, 1.807) is 12.1 Å². The molecule has 5 nitrogen and oxygen atoms in total. The van der Waals surface area contributed by atoms with Crippen LogP contribution in [0.3, 0.4) is 0 Å². The molecule has 0 aliphatic heterocycles. The van der Waals surface area contributed by atoms with Crippen molar-refractivity contribution in [3.63, 3.8) is 0 Å². The van der Waals surface area contributed by atoms with Gasteiger partial charge >= 0.3 is 6.18 Å². The van der Waals surface area contributed by atoms with Crippen LogP contribution >= 0.6 is 22.6 Å². The van der Waals surface area contributed by atoms with Crippen molar-refractivity contribution in [2.75, 3.05) is 5.73 Å². The van der Waals surface area contributed by atoms with Gasteiger partial charge in [-0.2, -0.15) is 23.7 Å². The third kappa shape index (κ3) is 2.87. The monoisotopic (exact) mass is 430 g/mol. The number of nitrogens with one attached hydrogen (secondary N) is 1. The lowest BCUT2D eigenvalue weighted by Gasteiger charge is -2.15. The summed E-state index contributed by atoms with van der Waals surface area (Å²) >= 11 is 1.47. The molecule has 9 heteroatoms. The molecule has 0 aliphatic carbocycles. The van der Waals surface area contributed by atoms with E-state index in [2.05, 4.69) is 4.98 Å². The van der Waals surface area contributed by atoms with Crippen molar-refractivity contribution in [1.82, 2.24) is 4.98 Å². The molecule has 0 aliphatic rings. The standard InChI is InChI=1S/C14H6F3IN4O/c15-14(16,17)9-3-1-2-6(11(9)18)10-7(4-19)12(21)22-13(23)8(10)5-20/h1-3H,(H3,21,22,23). The molecular weight excluding hydrogens is 424 g/mol. The van der Waals surface area contributed by atoms with E-state index >= 15 is 0 Å². The molecule has 3 N–H and O–H groups in total. The first-order valence-corrected chi connectivity index (χ1v) is 7.02. The fourth-order valence-electron chi connectivity index (χ4n) is 2.06. The van der Waals surface area contributed by atoms with Crippen LogP contribution in [-0.2, 0) is 6.18 Å². The molecule has 0 amide bonds. The molecular formula is C14H6F3IN4O. The van der Waals surface area contributed by atoms with Gasteiger partial charge in [0.25, 0.3) is 5.56 Å². The molecule has 0 bridgehead atoms. The van der Waals surface area contributed by atoms with E-state index in [9.17, 15) is 23.2 Å². The average molecular weight is 430 g/mol. The number of nitrogens with zero attached hydrogens (tertiary/aromatic N) is 2. The van der Waals surface area contributed by atoms with Crippen LogP contribution in [0.1, 0.15) is 16.7 Å². The molecule has 0 fully saturated rings. The van der Waals surface area contributed by atoms with Gasteiger partial charge in [-0.1, -0.05) is 12.1 Å². The lowest BCUT2D eigenvalue weighted by Crippen LogP contribution is -2.17. The lowest BCUT2D eigenvalue weighted by atomic mass is 9.95. The molecule has 2 rings (SSSR count). The van der Waals surface area contributed by atoms with Crippen molar-refractivity contribution in [2.24, 2.45) is 0 Å². The summed E-state index contributed by atoms with van der Waals surface area (Å²) in [6, 6.07) is 6.65. The number of rotatable bonds is 1. The van der Waals surface area contributed by atoms with E-state index in [1.165, 1.54) is 28.7 Å². The second-order valence-corrected chi connectivity index (χ2v) is 5.46. The summed E-state index contributed by atoms with van der Waals surface area (Å²) < 4.78 is 38.9. The van der Waals surface area contributed by atoms with Gasteiger partial charge in [0, 0.05) is 9.13 Å². The summed E-state index contributed by atoms with van der Waals surface area (Å²) in [4.78, 5) is 14.0. The fourth-order valence-corrected chi connectivity index (χ4v) is 2.99. The Morgan fingerprint density at radius 3 is 2.30 bits per heavy atom. The number of hydrogen-bond donors (Lipinski definition) is 2. The van der Waals surface area contributed by atoms with Gasteiger partial charge < -0.3 is 10.7 Å². The number of nitrogen functional groups attached to an aromatic ring is 1. The van der Waals surface area contributed by atoms with Crippen LogP contribution < -0.4 is 11.3 Å². The molecule has 0 radical (unpaired) electrons. The Labute approximate surface area is 141 Å². The van der Waals surface area contributed by atoms with Gasteiger partial charge in [0.1, 0.15) is 29.1 Å². The first-order valence-electron chi connectivity index (χ1n) is 5.94. The topological polar surface area (TPSA) is 106 Å². The number of nitrogens with two attached hydrogens (primary N) is 1. The maximum atomic E-state index is 13.0. The first kappa shape index (κ1) is 16.8. The number of benzene rings is 1. The van der Waals surface area contributed by atoms with Crippen molar-refractivity contribution < 1.29 is 13.2 Å². The number of nitriles is 2. The quantitative estimate of drug-likeness (QED) is 0.679. The second kappa shape index (κ2) is 5.93. The van der Waals surface area contributed by atoms with Gasteiger partial charge in [-0.3, -0.25) is 4.79 Å². The number of alkyl halides is 3. The highest BCUT2D eigenvalue weighted by Gasteiger charge is 2.34. The molecule has 0 unspecified atom stereocenters. The summed E-state index contributed by atoms with van der Waals surface area (Å²) in [7, 11) is 0. The summed E-state index contributed by atoms with van der Waals surface area (Å²) in [6.07, 6.45) is -4.61. The summed E-state index contributed by atoms with van der Waals surface area (Å²) in [6.45, 7) is 0. The number of anilines is 1. The van der Waals surface area contributed by atoms with Crippen molar-refractivity contribution in [3.05, 3.63) is 48.8 Å². The van der Waals surface area contributed by atoms with Gasteiger partial charge in [0.2, 0.25) is 0 Å². The highest BCUT2D eigenvalue weighted by atomic mass is 127. The number of aromatic amines is 1. The SMILES string of the molecule is N#Cc1c(N)[nH]c(=O)c(C#N)c1-c1cccc(C(F)(F)F)c1I. The van der Waals surface area contributed by atoms with E-state index in [-0.39, 0.29) is 26.1 Å². The number of pyridine rings is 1. The Balaban J connectivity index is 2.98. The third-order valence-corrected chi connectivity index (χ3v) is 4.20. The van der Waals surface area contributed by atoms with Crippen LogP contribution in [0.2, 0.25) is 0 Å². The van der Waals surface area contributed by atoms with Crippen molar-refractivity contribution in [1.29, 1.82) is 10.5 Å². The third-order valence-electron chi connectivity index (χ3n) is 3.04. The largest absolute Gasteiger partial charge is 0.417 e. The highest BCUT2D eigenvalue weighted by molar-refractivity contribution is 14.1. The molecule has 0 spiro atoms. The van der Waals surface area contributed by atoms with Gasteiger partial charge in [-0.25, -0.2) is 0 Å². The Bertz CT molecular complexity index is 935. The van der Waals surface area contributed by atoms with Gasteiger partial charge in [-0.15, -0.1) is 0 Å². The Morgan fingerprint density at radius 2 is 1.78 bits per heavy atom. The van der Waals surface area contributed by atoms with Crippen LogP contribution in [0.4, 0.5) is 19.0 Å². The van der Waals surface area contributed by atoms with Crippen LogP contribution in [-0.4, -0.2) is 4.98 Å². The zero-order chi connectivity index (χ0) is 17.4. The van der Waals surface area contributed by atoms with Crippen molar-refractivity contribution in [2.45, 2.75) is 6.18 Å². The highest BCUT2D eigenvalue weighted by Crippen LogP contribution is 2.39. The van der Waals surface area contributed by atoms with Crippen LogP contribution in [0.25, 0.3) is 11.1 Å². The molecule has 1 heterocycles. The molecule has 0 saturated heterocycles. The van der Waals surface area contributed by atoms with Gasteiger partial charge in [0.15, 0.2) is 0 Å². The van der Waals surface area contributed by atoms with Gasteiger partial charge in [0.05, 0.1) is 5.56 Å². The predicted octanol–water partition coefficient (Wildman–Crippen LogP) is 2.99. The number of halogens is 4. The second-order valence-electron chi connectivity index (χ2n) is 4.38. The molecule has 116 valence electrons. The Morgan fingerprint density at radius 1 is 1.17 bits per heavy atom. The molecule has 0 atom stereocenters. The summed E-state index contributed by atoms with van der Waals surface area (Å²) in [5.41, 5.74) is 2.79. The normalized spacial score (nSPS) is 10.9. The van der Waals surface area contributed by atoms with Crippen molar-refractivity contribution >= 4 is 28.4 Å². The van der Waals surface area contributed by atoms with E-state index < -0.39 is 22.9 Å². The van der Waals surface area contributed by atoms with E-state index in [4.69, 9.17) is 11.0 Å². The minimum absolute atomic E-state index is 0.0497. The van der Waals surface area contributed by atoms with E-state index in [0.717, 1.165) is 12.1 Å². The predicted molar refractivity (Wildman–Crippen MR) is 84.1 cm³/mol. The molecule has 23 heavy (non-hydrogen) atoms. The zero-order valence-corrected chi connectivity index (χ0v) is 13.3. The number of aromatic nitrogens is 1. The van der Waals surface area contributed by atoms with E-state index in [1.807, 2.05) is 0 Å². The Hall–Kier alpha value is -2.53. The minimum atomic E-state index is -4.61. The van der Waals surface area contributed by atoms with E-state index in [0.29, 0.717) is 0 Å². The van der Waals surface area contributed by atoms with Crippen molar-refractivity contribution in [3.8, 4) is 23.3 Å². The molecule has 2 aromatic rings. The Kier molecular flexibility index (Phi) is 4.34. The summed E-state index contributed by atoms with van der Waals surface area (Å²) in [5, 5.41) is 18.4. The van der Waals surface area contributed by atoms with Crippen LogP contribution in [0.5, 0.6) is 0 Å². The maximum absolute atomic E-state index is 13.0. The van der Waals surface area contributed by atoms with Crippen LogP contribution in [0.15, 0.2) is 23.0 Å². The van der Waals surface area contributed by atoms with Gasteiger partial charge in [-0.05, 0) is 34.2 Å². The minimum Gasteiger partial charge on any atom is -0.384 e. The number of hydrogen-bond acceptors (Lipinski definition) is 4. The maximum Gasteiger partial charge on any atom is 0.417 e. The fraction of sp³-hybridized carbons (Fsp3) is 0.0714. The zero-order valence-electron chi connectivity index (χ0n) is 11.1. The number of H-pyrrole nitrogens is 1. The molecule has 0 saturated carbocycles. The summed E-state index contributed by atoms with van der Waals surface area (Å²) in [5.74, 6) is -0.306.